The maximum absolute atomic E-state index is 12.5. The van der Waals surface area contributed by atoms with Crippen LogP contribution in [0.25, 0.3) is 0 Å². The van der Waals surface area contributed by atoms with E-state index >= 15 is 0 Å². The molecular formula is C17H22N4O3S. The Bertz CT molecular complexity index is 837. The van der Waals surface area contributed by atoms with Crippen LogP contribution in [-0.2, 0) is 21.2 Å². The standard InChI is InChI=1S/C17H22N4O3S/c1-13-12-16(20-19-13)18-17(22)9-6-14-4-7-15(8-5-14)25(23,24)21-10-2-3-11-21/h4-5,7-8,12H,2-3,6,9-11H2,1H3,(H2,18,19,20,22). The highest BCUT2D eigenvalue weighted by Gasteiger charge is 2.26. The molecule has 2 N–H and O–H groups in total. The minimum Gasteiger partial charge on any atom is -0.309 e. The van der Waals surface area contributed by atoms with Gasteiger partial charge in [-0.3, -0.25) is 9.89 Å². The summed E-state index contributed by atoms with van der Waals surface area (Å²) < 4.78 is 26.5. The molecule has 1 aromatic heterocycles. The molecule has 0 atom stereocenters. The van der Waals surface area contributed by atoms with Gasteiger partial charge < -0.3 is 5.32 Å². The van der Waals surface area contributed by atoms with Crippen LogP contribution in [0.15, 0.2) is 35.2 Å². The van der Waals surface area contributed by atoms with Crippen molar-refractivity contribution in [3.8, 4) is 0 Å². The Morgan fingerprint density at radius 3 is 2.52 bits per heavy atom. The molecule has 1 saturated heterocycles. The van der Waals surface area contributed by atoms with Crippen LogP contribution in [0.1, 0.15) is 30.5 Å². The highest BCUT2D eigenvalue weighted by Crippen LogP contribution is 2.21. The van der Waals surface area contributed by atoms with Gasteiger partial charge in [0.25, 0.3) is 0 Å². The maximum Gasteiger partial charge on any atom is 0.243 e. The topological polar surface area (TPSA) is 95.2 Å². The van der Waals surface area contributed by atoms with Gasteiger partial charge in [0.15, 0.2) is 5.82 Å². The van der Waals surface area contributed by atoms with Crippen LogP contribution >= 0.6 is 0 Å². The number of hydrogen-bond acceptors (Lipinski definition) is 4. The fourth-order valence-corrected chi connectivity index (χ4v) is 4.37. The predicted molar refractivity (Wildman–Crippen MR) is 94.7 cm³/mol. The zero-order valence-corrected chi connectivity index (χ0v) is 15.0. The molecule has 1 fully saturated rings. The van der Waals surface area contributed by atoms with Crippen LogP contribution in [0.3, 0.4) is 0 Å². The third-order valence-electron chi connectivity index (χ3n) is 4.24. The van der Waals surface area contributed by atoms with E-state index in [0.29, 0.717) is 36.6 Å². The Kier molecular flexibility index (Phi) is 5.19. The molecule has 0 aliphatic carbocycles. The Balaban J connectivity index is 1.56. The molecule has 0 saturated carbocycles. The van der Waals surface area contributed by atoms with Gasteiger partial charge in [0.2, 0.25) is 15.9 Å². The fourth-order valence-electron chi connectivity index (χ4n) is 2.85. The molecule has 0 unspecified atom stereocenters. The summed E-state index contributed by atoms with van der Waals surface area (Å²) in [6, 6.07) is 8.55. The number of aromatic nitrogens is 2. The first-order valence-electron chi connectivity index (χ1n) is 8.36. The first-order valence-corrected chi connectivity index (χ1v) is 9.80. The second-order valence-corrected chi connectivity index (χ2v) is 8.18. The Labute approximate surface area is 147 Å². The number of anilines is 1. The number of carbonyl (C=O) groups is 1. The van der Waals surface area contributed by atoms with Gasteiger partial charge in [-0.1, -0.05) is 12.1 Å². The molecule has 1 aliphatic rings. The van der Waals surface area contributed by atoms with Crippen LogP contribution in [0, 0.1) is 6.92 Å². The van der Waals surface area contributed by atoms with E-state index in [1.165, 1.54) is 4.31 Å². The normalized spacial score (nSPS) is 15.4. The second kappa shape index (κ2) is 7.37. The lowest BCUT2D eigenvalue weighted by molar-refractivity contribution is -0.116. The summed E-state index contributed by atoms with van der Waals surface area (Å²) in [6.45, 7) is 3.05. The highest BCUT2D eigenvalue weighted by atomic mass is 32.2. The van der Waals surface area contributed by atoms with Gasteiger partial charge in [0.05, 0.1) is 4.90 Å². The van der Waals surface area contributed by atoms with E-state index < -0.39 is 10.0 Å². The summed E-state index contributed by atoms with van der Waals surface area (Å²) >= 11 is 0. The maximum atomic E-state index is 12.5. The van der Waals surface area contributed by atoms with Crippen molar-refractivity contribution in [1.82, 2.24) is 14.5 Å². The van der Waals surface area contributed by atoms with Crippen molar-refractivity contribution in [2.45, 2.75) is 37.5 Å². The van der Waals surface area contributed by atoms with Crippen molar-refractivity contribution >= 4 is 21.7 Å². The van der Waals surface area contributed by atoms with E-state index in [9.17, 15) is 13.2 Å². The van der Waals surface area contributed by atoms with Gasteiger partial charge in [-0.05, 0) is 43.9 Å². The lowest BCUT2D eigenvalue weighted by atomic mass is 10.1. The number of amides is 1. The lowest BCUT2D eigenvalue weighted by Gasteiger charge is -2.15. The predicted octanol–water partition coefficient (Wildman–Crippen LogP) is 2.07. The molecule has 0 bridgehead atoms. The number of nitrogens with one attached hydrogen (secondary N) is 2. The Morgan fingerprint density at radius 2 is 1.92 bits per heavy atom. The summed E-state index contributed by atoms with van der Waals surface area (Å²) in [6.07, 6.45) is 2.69. The number of hydrogen-bond donors (Lipinski definition) is 2. The smallest absolute Gasteiger partial charge is 0.243 e. The molecule has 1 aromatic carbocycles. The second-order valence-electron chi connectivity index (χ2n) is 6.24. The highest BCUT2D eigenvalue weighted by molar-refractivity contribution is 7.89. The zero-order chi connectivity index (χ0) is 17.9. The molecule has 1 aliphatic heterocycles. The van der Waals surface area contributed by atoms with E-state index in [0.717, 1.165) is 24.1 Å². The number of H-pyrrole nitrogens is 1. The number of rotatable bonds is 6. The molecule has 134 valence electrons. The van der Waals surface area contributed by atoms with Gasteiger partial charge in [-0.15, -0.1) is 0 Å². The molecule has 7 nitrogen and oxygen atoms in total. The summed E-state index contributed by atoms with van der Waals surface area (Å²) in [5.41, 5.74) is 1.80. The molecule has 0 spiro atoms. The van der Waals surface area contributed by atoms with E-state index in [-0.39, 0.29) is 5.91 Å². The van der Waals surface area contributed by atoms with Gasteiger partial charge >= 0.3 is 0 Å². The van der Waals surface area contributed by atoms with Crippen molar-refractivity contribution < 1.29 is 13.2 Å². The minimum atomic E-state index is -3.38. The van der Waals surface area contributed by atoms with Gasteiger partial charge in [-0.2, -0.15) is 9.40 Å². The van der Waals surface area contributed by atoms with Gasteiger partial charge in [-0.25, -0.2) is 8.42 Å². The summed E-state index contributed by atoms with van der Waals surface area (Å²) in [5, 5.41) is 9.45. The molecule has 8 heteroatoms. The van der Waals surface area contributed by atoms with Crippen molar-refractivity contribution in [2.24, 2.45) is 0 Å². The van der Waals surface area contributed by atoms with Crippen LogP contribution in [0.4, 0.5) is 5.82 Å². The zero-order valence-electron chi connectivity index (χ0n) is 14.2. The van der Waals surface area contributed by atoms with Crippen molar-refractivity contribution in [2.75, 3.05) is 18.4 Å². The SMILES string of the molecule is Cc1cc(NC(=O)CCc2ccc(S(=O)(=O)N3CCCC3)cc2)n[nH]1. The largest absolute Gasteiger partial charge is 0.309 e. The lowest BCUT2D eigenvalue weighted by Crippen LogP contribution is -2.27. The number of nitrogens with zero attached hydrogens (tertiary/aromatic N) is 2. The molecule has 3 rings (SSSR count). The van der Waals surface area contributed by atoms with Crippen LogP contribution in [0.5, 0.6) is 0 Å². The summed E-state index contributed by atoms with van der Waals surface area (Å²) in [7, 11) is -3.38. The van der Waals surface area contributed by atoms with Gasteiger partial charge in [0.1, 0.15) is 0 Å². The fraction of sp³-hybridized carbons (Fsp3) is 0.412. The third kappa shape index (κ3) is 4.26. The summed E-state index contributed by atoms with van der Waals surface area (Å²) in [4.78, 5) is 12.2. The average Bonchev–Trinajstić information content (AvgIpc) is 3.26. The van der Waals surface area contributed by atoms with Crippen LogP contribution < -0.4 is 5.32 Å². The molecular weight excluding hydrogens is 340 g/mol. The first-order chi connectivity index (χ1) is 11.9. The molecule has 2 heterocycles. The van der Waals surface area contributed by atoms with E-state index in [1.54, 1.807) is 30.3 Å². The van der Waals surface area contributed by atoms with Gasteiger partial charge in [0, 0.05) is 31.3 Å². The van der Waals surface area contributed by atoms with E-state index in [4.69, 9.17) is 0 Å². The number of carbonyl (C=O) groups excluding carboxylic acids is 1. The molecule has 0 radical (unpaired) electrons. The van der Waals surface area contributed by atoms with Crippen molar-refractivity contribution in [3.63, 3.8) is 0 Å². The average molecular weight is 362 g/mol. The van der Waals surface area contributed by atoms with Crippen molar-refractivity contribution in [1.29, 1.82) is 0 Å². The number of benzene rings is 1. The monoisotopic (exact) mass is 362 g/mol. The summed E-state index contributed by atoms with van der Waals surface area (Å²) in [5.74, 6) is 0.384. The van der Waals surface area contributed by atoms with E-state index in [2.05, 4.69) is 15.5 Å². The minimum absolute atomic E-state index is 0.125. The molecule has 2 aromatic rings. The number of aryl methyl sites for hydroxylation is 2. The van der Waals surface area contributed by atoms with Crippen molar-refractivity contribution in [3.05, 3.63) is 41.6 Å². The molecule has 1 amide bonds. The Hall–Kier alpha value is -2.19. The van der Waals surface area contributed by atoms with Crippen LogP contribution in [0.2, 0.25) is 0 Å². The number of sulfonamides is 1. The quantitative estimate of drug-likeness (QED) is 0.822. The van der Waals surface area contributed by atoms with Crippen LogP contribution in [-0.4, -0.2) is 41.9 Å². The molecule has 25 heavy (non-hydrogen) atoms. The third-order valence-corrected chi connectivity index (χ3v) is 6.15. The van der Waals surface area contributed by atoms with E-state index in [1.807, 2.05) is 6.92 Å². The first kappa shape index (κ1) is 17.6. The number of aromatic amines is 1. The Morgan fingerprint density at radius 1 is 1.24 bits per heavy atom.